The first-order valence-corrected chi connectivity index (χ1v) is 11.2. The minimum absolute atomic E-state index is 0.105. The number of aryl methyl sites for hydroxylation is 1. The Morgan fingerprint density at radius 1 is 1.06 bits per heavy atom. The number of carbonyl (C=O) groups is 1. The van der Waals surface area contributed by atoms with Crippen molar-refractivity contribution < 1.29 is 17.9 Å². The van der Waals surface area contributed by atoms with Gasteiger partial charge in [0.1, 0.15) is 17.6 Å². The van der Waals surface area contributed by atoms with Gasteiger partial charge in [0, 0.05) is 31.0 Å². The summed E-state index contributed by atoms with van der Waals surface area (Å²) in [6.45, 7) is 3.49. The molecule has 1 amide bonds. The van der Waals surface area contributed by atoms with Crippen LogP contribution < -0.4 is 14.8 Å². The SMILES string of the molecule is COc1ccc([C@H](NC(=O)c2ccc(S(=O)(=O)NC(C)C)cc2)c2nccn2C)cc1. The molecule has 2 N–H and O–H groups in total. The maximum Gasteiger partial charge on any atom is 0.252 e. The average molecular weight is 443 g/mol. The van der Waals surface area contributed by atoms with Crippen LogP contribution in [0.5, 0.6) is 5.75 Å². The number of hydrogen-bond donors (Lipinski definition) is 2. The number of amides is 1. The molecular weight excluding hydrogens is 416 g/mol. The molecule has 1 heterocycles. The fourth-order valence-electron chi connectivity index (χ4n) is 3.13. The van der Waals surface area contributed by atoms with E-state index in [4.69, 9.17) is 4.74 Å². The standard InChI is InChI=1S/C22H26N4O4S/c1-15(2)25-31(28,29)19-11-7-17(8-12-19)22(27)24-20(21-23-13-14-26(21)3)16-5-9-18(30-4)10-6-16/h5-15,20,25H,1-4H3,(H,24,27)/t20-/m0/s1. The van der Waals surface area contributed by atoms with Crippen LogP contribution in [-0.2, 0) is 17.1 Å². The van der Waals surface area contributed by atoms with Gasteiger partial charge in [-0.25, -0.2) is 18.1 Å². The van der Waals surface area contributed by atoms with Crippen molar-refractivity contribution in [3.8, 4) is 5.75 Å². The van der Waals surface area contributed by atoms with Gasteiger partial charge in [-0.05, 0) is 55.8 Å². The van der Waals surface area contributed by atoms with Gasteiger partial charge < -0.3 is 14.6 Å². The summed E-state index contributed by atoms with van der Waals surface area (Å²) in [5.74, 6) is 1.03. The average Bonchev–Trinajstić information content (AvgIpc) is 3.16. The zero-order valence-corrected chi connectivity index (χ0v) is 18.7. The topological polar surface area (TPSA) is 102 Å². The van der Waals surface area contributed by atoms with Gasteiger partial charge in [-0.3, -0.25) is 4.79 Å². The van der Waals surface area contributed by atoms with E-state index in [9.17, 15) is 13.2 Å². The number of aromatic nitrogens is 2. The highest BCUT2D eigenvalue weighted by atomic mass is 32.2. The number of ether oxygens (including phenoxy) is 1. The zero-order valence-electron chi connectivity index (χ0n) is 17.9. The summed E-state index contributed by atoms with van der Waals surface area (Å²) in [4.78, 5) is 17.4. The van der Waals surface area contributed by atoms with Crippen LogP contribution in [0.3, 0.4) is 0 Å². The Balaban J connectivity index is 1.86. The molecule has 0 aliphatic carbocycles. The Bertz CT molecular complexity index is 1140. The number of hydrogen-bond acceptors (Lipinski definition) is 5. The smallest absolute Gasteiger partial charge is 0.252 e. The number of rotatable bonds is 8. The second-order valence-corrected chi connectivity index (χ2v) is 9.09. The van der Waals surface area contributed by atoms with E-state index in [2.05, 4.69) is 15.0 Å². The van der Waals surface area contributed by atoms with E-state index in [0.717, 1.165) is 5.56 Å². The molecule has 2 aromatic carbocycles. The van der Waals surface area contributed by atoms with E-state index in [0.29, 0.717) is 17.1 Å². The highest BCUT2D eigenvalue weighted by molar-refractivity contribution is 7.89. The molecule has 0 saturated heterocycles. The molecule has 1 atom stereocenters. The van der Waals surface area contributed by atoms with Crippen molar-refractivity contribution in [2.24, 2.45) is 7.05 Å². The van der Waals surface area contributed by atoms with Gasteiger partial charge in [-0.1, -0.05) is 12.1 Å². The lowest BCUT2D eigenvalue weighted by Gasteiger charge is -2.19. The van der Waals surface area contributed by atoms with E-state index in [1.54, 1.807) is 33.4 Å². The lowest BCUT2D eigenvalue weighted by Crippen LogP contribution is -2.31. The first-order valence-electron chi connectivity index (χ1n) is 9.75. The Kier molecular flexibility index (Phi) is 6.77. The Morgan fingerprint density at radius 3 is 2.23 bits per heavy atom. The molecule has 31 heavy (non-hydrogen) atoms. The van der Waals surface area contributed by atoms with Crippen LogP contribution in [0.15, 0.2) is 65.8 Å². The third-order valence-corrected chi connectivity index (χ3v) is 6.33. The summed E-state index contributed by atoms with van der Waals surface area (Å²) >= 11 is 0. The molecule has 0 bridgehead atoms. The van der Waals surface area contributed by atoms with Crippen molar-refractivity contribution in [1.82, 2.24) is 19.6 Å². The van der Waals surface area contributed by atoms with E-state index in [1.165, 1.54) is 24.3 Å². The Hall–Kier alpha value is -3.17. The van der Waals surface area contributed by atoms with E-state index < -0.39 is 16.1 Å². The van der Waals surface area contributed by atoms with Gasteiger partial charge in [0.2, 0.25) is 10.0 Å². The predicted octanol–water partition coefficient (Wildman–Crippen LogP) is 2.63. The largest absolute Gasteiger partial charge is 0.497 e. The van der Waals surface area contributed by atoms with Gasteiger partial charge in [0.15, 0.2) is 0 Å². The Morgan fingerprint density at radius 2 is 1.71 bits per heavy atom. The van der Waals surface area contributed by atoms with Gasteiger partial charge in [0.25, 0.3) is 5.91 Å². The quantitative estimate of drug-likeness (QED) is 0.558. The summed E-state index contributed by atoms with van der Waals surface area (Å²) in [5.41, 5.74) is 1.18. The summed E-state index contributed by atoms with van der Waals surface area (Å²) in [6.07, 6.45) is 3.47. The molecule has 0 aliphatic rings. The zero-order chi connectivity index (χ0) is 22.6. The summed E-state index contributed by atoms with van der Waals surface area (Å²) in [7, 11) is -0.178. The molecule has 0 spiro atoms. The molecule has 3 rings (SSSR count). The van der Waals surface area contributed by atoms with Crippen LogP contribution >= 0.6 is 0 Å². The van der Waals surface area contributed by atoms with Gasteiger partial charge in [-0.15, -0.1) is 0 Å². The normalized spacial score (nSPS) is 12.5. The molecule has 1 aromatic heterocycles. The van der Waals surface area contributed by atoms with Crippen molar-refractivity contribution in [3.63, 3.8) is 0 Å². The summed E-state index contributed by atoms with van der Waals surface area (Å²) in [6, 6.07) is 12.5. The first kappa shape index (κ1) is 22.5. The van der Waals surface area contributed by atoms with Crippen molar-refractivity contribution >= 4 is 15.9 Å². The minimum atomic E-state index is -3.62. The van der Waals surface area contributed by atoms with E-state index in [1.807, 2.05) is 35.9 Å². The maximum atomic E-state index is 13.0. The van der Waals surface area contributed by atoms with Crippen LogP contribution in [0.25, 0.3) is 0 Å². The van der Waals surface area contributed by atoms with Gasteiger partial charge in [0.05, 0.1) is 12.0 Å². The number of nitrogens with zero attached hydrogens (tertiary/aromatic N) is 2. The molecule has 0 radical (unpaired) electrons. The van der Waals surface area contributed by atoms with Gasteiger partial charge >= 0.3 is 0 Å². The summed E-state index contributed by atoms with van der Waals surface area (Å²) < 4.78 is 34.2. The first-order chi connectivity index (χ1) is 14.7. The second-order valence-electron chi connectivity index (χ2n) is 7.38. The van der Waals surface area contributed by atoms with Crippen LogP contribution in [-0.4, -0.2) is 37.0 Å². The Labute approximate surface area is 182 Å². The number of imidazole rings is 1. The molecular formula is C22H26N4O4S. The van der Waals surface area contributed by atoms with E-state index >= 15 is 0 Å². The van der Waals surface area contributed by atoms with Crippen molar-refractivity contribution in [3.05, 3.63) is 77.9 Å². The van der Waals surface area contributed by atoms with Crippen LogP contribution in [0.1, 0.15) is 41.6 Å². The highest BCUT2D eigenvalue weighted by Gasteiger charge is 2.22. The molecule has 164 valence electrons. The maximum absolute atomic E-state index is 13.0. The third-order valence-electron chi connectivity index (χ3n) is 4.66. The number of nitrogens with one attached hydrogen (secondary N) is 2. The summed E-state index contributed by atoms with van der Waals surface area (Å²) in [5, 5.41) is 2.99. The molecule has 0 aliphatic heterocycles. The number of benzene rings is 2. The fourth-order valence-corrected chi connectivity index (χ4v) is 4.38. The lowest BCUT2D eigenvalue weighted by molar-refractivity contribution is 0.0941. The molecule has 3 aromatic rings. The van der Waals surface area contributed by atoms with Crippen molar-refractivity contribution in [2.75, 3.05) is 7.11 Å². The molecule has 8 nitrogen and oxygen atoms in total. The molecule has 9 heteroatoms. The van der Waals surface area contributed by atoms with Crippen LogP contribution in [0.4, 0.5) is 0 Å². The van der Waals surface area contributed by atoms with Gasteiger partial charge in [-0.2, -0.15) is 0 Å². The van der Waals surface area contributed by atoms with Crippen LogP contribution in [0.2, 0.25) is 0 Å². The number of methoxy groups -OCH3 is 1. The molecule has 0 saturated carbocycles. The highest BCUT2D eigenvalue weighted by Crippen LogP contribution is 2.23. The van der Waals surface area contributed by atoms with E-state index in [-0.39, 0.29) is 16.8 Å². The van der Waals surface area contributed by atoms with Crippen molar-refractivity contribution in [1.29, 1.82) is 0 Å². The lowest BCUT2D eigenvalue weighted by atomic mass is 10.0. The predicted molar refractivity (Wildman–Crippen MR) is 117 cm³/mol. The minimum Gasteiger partial charge on any atom is -0.497 e. The second kappa shape index (κ2) is 9.32. The monoisotopic (exact) mass is 442 g/mol. The number of sulfonamides is 1. The van der Waals surface area contributed by atoms with Crippen LogP contribution in [0, 0.1) is 0 Å². The fraction of sp³-hybridized carbons (Fsp3) is 0.273. The molecule has 0 fully saturated rings. The number of carbonyl (C=O) groups excluding carboxylic acids is 1. The van der Waals surface area contributed by atoms with Crippen molar-refractivity contribution in [2.45, 2.75) is 30.8 Å². The third kappa shape index (κ3) is 5.31. The molecule has 0 unspecified atom stereocenters.